The standard InChI is InChI=1S/C15H16ClN3O2/c16-12-4-3-11(14-10(12)2-1-5-18-14)15(21)19-7-9-6-17-8-13(9)20/h1-5,9,13,17,20H,6-8H2,(H,19,21). The molecule has 1 saturated heterocycles. The minimum Gasteiger partial charge on any atom is -0.391 e. The van der Waals surface area contributed by atoms with Crippen LogP contribution in [0.25, 0.3) is 10.9 Å². The van der Waals surface area contributed by atoms with Gasteiger partial charge in [-0.25, -0.2) is 0 Å². The van der Waals surface area contributed by atoms with Crippen molar-refractivity contribution < 1.29 is 9.90 Å². The molecule has 1 aromatic carbocycles. The van der Waals surface area contributed by atoms with Crippen molar-refractivity contribution in [3.05, 3.63) is 41.0 Å². The maximum Gasteiger partial charge on any atom is 0.253 e. The van der Waals surface area contributed by atoms with Crippen LogP contribution in [0.4, 0.5) is 0 Å². The Balaban J connectivity index is 1.80. The molecule has 1 aliphatic rings. The number of nitrogens with zero attached hydrogens (tertiary/aromatic N) is 1. The number of rotatable bonds is 3. The number of fused-ring (bicyclic) bond motifs is 1. The number of aliphatic hydroxyl groups excluding tert-OH is 1. The predicted octanol–water partition coefficient (Wildman–Crippen LogP) is 1.20. The topological polar surface area (TPSA) is 74.2 Å². The van der Waals surface area contributed by atoms with Crippen LogP contribution in [-0.2, 0) is 0 Å². The van der Waals surface area contributed by atoms with Crippen LogP contribution in [0.1, 0.15) is 10.4 Å². The Bertz CT molecular complexity index is 677. The lowest BCUT2D eigenvalue weighted by atomic mass is 10.1. The smallest absolute Gasteiger partial charge is 0.253 e. The van der Waals surface area contributed by atoms with E-state index < -0.39 is 6.10 Å². The maximum absolute atomic E-state index is 12.3. The van der Waals surface area contributed by atoms with Crippen LogP contribution in [0.15, 0.2) is 30.5 Å². The molecule has 0 saturated carbocycles. The fourth-order valence-corrected chi connectivity index (χ4v) is 2.78. The minimum absolute atomic E-state index is 0.0421. The van der Waals surface area contributed by atoms with E-state index in [2.05, 4.69) is 15.6 Å². The number of aliphatic hydroxyl groups is 1. The Kier molecular flexibility index (Phi) is 4.05. The van der Waals surface area contributed by atoms with Crippen molar-refractivity contribution in [2.45, 2.75) is 6.10 Å². The van der Waals surface area contributed by atoms with Gasteiger partial charge in [-0.15, -0.1) is 0 Å². The van der Waals surface area contributed by atoms with Crippen molar-refractivity contribution >= 4 is 28.4 Å². The minimum atomic E-state index is -0.412. The number of hydrogen-bond donors (Lipinski definition) is 3. The number of carbonyl (C=O) groups excluding carboxylic acids is 1. The van der Waals surface area contributed by atoms with E-state index in [9.17, 15) is 9.90 Å². The van der Waals surface area contributed by atoms with E-state index in [-0.39, 0.29) is 11.8 Å². The van der Waals surface area contributed by atoms with Gasteiger partial charge < -0.3 is 15.7 Å². The predicted molar refractivity (Wildman–Crippen MR) is 81.5 cm³/mol. The molecule has 3 rings (SSSR count). The summed E-state index contributed by atoms with van der Waals surface area (Å²) in [5.41, 5.74) is 1.09. The van der Waals surface area contributed by atoms with Gasteiger partial charge in [0, 0.05) is 37.1 Å². The Morgan fingerprint density at radius 1 is 1.43 bits per heavy atom. The third-order valence-corrected chi connectivity index (χ3v) is 4.12. The molecule has 1 aliphatic heterocycles. The molecule has 5 nitrogen and oxygen atoms in total. The number of aromatic nitrogens is 1. The molecule has 3 N–H and O–H groups in total. The lowest BCUT2D eigenvalue weighted by Crippen LogP contribution is -2.34. The molecule has 21 heavy (non-hydrogen) atoms. The first-order valence-electron chi connectivity index (χ1n) is 6.87. The molecule has 1 aromatic heterocycles. The highest BCUT2D eigenvalue weighted by Gasteiger charge is 2.25. The van der Waals surface area contributed by atoms with Crippen LogP contribution < -0.4 is 10.6 Å². The number of amides is 1. The number of benzene rings is 1. The highest BCUT2D eigenvalue weighted by molar-refractivity contribution is 6.36. The summed E-state index contributed by atoms with van der Waals surface area (Å²) >= 11 is 6.12. The number of pyridine rings is 1. The molecule has 6 heteroatoms. The van der Waals surface area contributed by atoms with Gasteiger partial charge in [0.15, 0.2) is 0 Å². The van der Waals surface area contributed by atoms with Crippen molar-refractivity contribution in [2.24, 2.45) is 5.92 Å². The summed E-state index contributed by atoms with van der Waals surface area (Å²) in [6, 6.07) is 7.01. The maximum atomic E-state index is 12.3. The molecule has 0 spiro atoms. The second-order valence-electron chi connectivity index (χ2n) is 5.19. The SMILES string of the molecule is O=C(NCC1CNCC1O)c1ccc(Cl)c2cccnc12. The average molecular weight is 306 g/mol. The van der Waals surface area contributed by atoms with Crippen LogP contribution in [-0.4, -0.2) is 41.7 Å². The largest absolute Gasteiger partial charge is 0.391 e. The lowest BCUT2D eigenvalue weighted by Gasteiger charge is -2.14. The molecule has 0 radical (unpaired) electrons. The van der Waals surface area contributed by atoms with Crippen molar-refractivity contribution in [1.82, 2.24) is 15.6 Å². The van der Waals surface area contributed by atoms with E-state index in [4.69, 9.17) is 11.6 Å². The molecule has 110 valence electrons. The second kappa shape index (κ2) is 5.97. The van der Waals surface area contributed by atoms with Gasteiger partial charge in [0.1, 0.15) is 0 Å². The van der Waals surface area contributed by atoms with E-state index in [1.807, 2.05) is 6.07 Å². The van der Waals surface area contributed by atoms with Crippen LogP contribution >= 0.6 is 11.6 Å². The molecule has 0 bridgehead atoms. The molecular formula is C15H16ClN3O2. The summed E-state index contributed by atoms with van der Waals surface area (Å²) in [6.45, 7) is 1.72. The third kappa shape index (κ3) is 2.85. The van der Waals surface area contributed by atoms with Gasteiger partial charge in [0.25, 0.3) is 5.91 Å². The Morgan fingerprint density at radius 3 is 3.05 bits per heavy atom. The monoisotopic (exact) mass is 305 g/mol. The highest BCUT2D eigenvalue weighted by Crippen LogP contribution is 2.24. The normalized spacial score (nSPS) is 21.6. The first-order valence-corrected chi connectivity index (χ1v) is 7.25. The summed E-state index contributed by atoms with van der Waals surface area (Å²) in [6.07, 6.45) is 1.23. The van der Waals surface area contributed by atoms with Gasteiger partial charge in [0.2, 0.25) is 0 Å². The zero-order valence-corrected chi connectivity index (χ0v) is 12.1. The Labute approximate surface area is 127 Å². The molecule has 2 unspecified atom stereocenters. The molecule has 2 aromatic rings. The van der Waals surface area contributed by atoms with Gasteiger partial charge in [-0.05, 0) is 24.3 Å². The van der Waals surface area contributed by atoms with Crippen molar-refractivity contribution in [2.75, 3.05) is 19.6 Å². The Hall–Kier alpha value is -1.69. The fraction of sp³-hybridized carbons (Fsp3) is 0.333. The van der Waals surface area contributed by atoms with Crippen LogP contribution in [0.5, 0.6) is 0 Å². The quantitative estimate of drug-likeness (QED) is 0.796. The Morgan fingerprint density at radius 2 is 2.29 bits per heavy atom. The van der Waals surface area contributed by atoms with E-state index in [0.717, 1.165) is 5.39 Å². The van der Waals surface area contributed by atoms with E-state index in [1.165, 1.54) is 0 Å². The van der Waals surface area contributed by atoms with Crippen molar-refractivity contribution in [3.8, 4) is 0 Å². The van der Waals surface area contributed by atoms with E-state index >= 15 is 0 Å². The number of nitrogens with one attached hydrogen (secondary N) is 2. The van der Waals surface area contributed by atoms with Gasteiger partial charge in [-0.1, -0.05) is 11.6 Å². The third-order valence-electron chi connectivity index (χ3n) is 3.79. The molecule has 2 heterocycles. The van der Waals surface area contributed by atoms with Crippen LogP contribution in [0, 0.1) is 5.92 Å². The van der Waals surface area contributed by atoms with Crippen molar-refractivity contribution in [3.63, 3.8) is 0 Å². The van der Waals surface area contributed by atoms with Gasteiger partial charge in [-0.3, -0.25) is 9.78 Å². The number of halogens is 1. The molecule has 1 fully saturated rings. The summed E-state index contributed by atoms with van der Waals surface area (Å²) in [5, 5.41) is 17.0. The number of hydrogen-bond acceptors (Lipinski definition) is 4. The second-order valence-corrected chi connectivity index (χ2v) is 5.60. The highest BCUT2D eigenvalue weighted by atomic mass is 35.5. The molecule has 2 atom stereocenters. The van der Waals surface area contributed by atoms with Crippen LogP contribution in [0.3, 0.4) is 0 Å². The summed E-state index contributed by atoms with van der Waals surface area (Å²) in [7, 11) is 0. The zero-order chi connectivity index (χ0) is 14.8. The van der Waals surface area contributed by atoms with E-state index in [0.29, 0.717) is 35.7 Å². The van der Waals surface area contributed by atoms with Gasteiger partial charge in [0.05, 0.1) is 22.2 Å². The average Bonchev–Trinajstić information content (AvgIpc) is 2.91. The first kappa shape index (κ1) is 14.3. The fourth-order valence-electron chi connectivity index (χ4n) is 2.57. The molecular weight excluding hydrogens is 290 g/mol. The van der Waals surface area contributed by atoms with Crippen molar-refractivity contribution in [1.29, 1.82) is 0 Å². The summed E-state index contributed by atoms with van der Waals surface area (Å²) in [5.74, 6) is -0.157. The zero-order valence-electron chi connectivity index (χ0n) is 11.3. The van der Waals surface area contributed by atoms with Gasteiger partial charge in [-0.2, -0.15) is 0 Å². The first-order chi connectivity index (χ1) is 10.2. The molecule has 0 aliphatic carbocycles. The van der Waals surface area contributed by atoms with E-state index in [1.54, 1.807) is 24.4 Å². The summed E-state index contributed by atoms with van der Waals surface area (Å²) < 4.78 is 0. The lowest BCUT2D eigenvalue weighted by molar-refractivity contribution is 0.0928. The number of β-amino-alcohol motifs (C(OH)–C–C–N with tert-alkyl or cyclic N) is 1. The molecule has 1 amide bonds. The summed E-state index contributed by atoms with van der Waals surface area (Å²) in [4.78, 5) is 16.6. The van der Waals surface area contributed by atoms with Gasteiger partial charge >= 0.3 is 0 Å². The number of carbonyl (C=O) groups is 1. The van der Waals surface area contributed by atoms with Crippen LogP contribution in [0.2, 0.25) is 5.02 Å².